The van der Waals surface area contributed by atoms with E-state index in [2.05, 4.69) is 5.32 Å². The van der Waals surface area contributed by atoms with Crippen LogP contribution in [0.2, 0.25) is 0 Å². The van der Waals surface area contributed by atoms with Crippen molar-refractivity contribution in [2.24, 2.45) is 0 Å². The van der Waals surface area contributed by atoms with E-state index in [0.29, 0.717) is 30.4 Å². The van der Waals surface area contributed by atoms with Gasteiger partial charge in [0.1, 0.15) is 29.9 Å². The van der Waals surface area contributed by atoms with Gasteiger partial charge in [-0.1, -0.05) is 6.92 Å². The number of carbonyl (C=O) groups is 1. The Bertz CT molecular complexity index is 427. The molecule has 0 amide bonds. The Morgan fingerprint density at radius 3 is 2.14 bits per heavy atom. The number of rotatable bonds is 9. The average molecular weight is 297 g/mol. The number of carbonyl (C=O) groups excluding carboxylic acids is 1. The summed E-state index contributed by atoms with van der Waals surface area (Å²) in [5.74, 6) is 1.49. The SMILES string of the molecule is CCNC(COc1cc(OC)cc(OC)c1)C(=O)OCC. The van der Waals surface area contributed by atoms with Gasteiger partial charge in [0.25, 0.3) is 0 Å². The standard InChI is InChI=1S/C15H23NO5/c1-5-16-14(15(17)20-6-2)10-21-13-8-11(18-3)7-12(9-13)19-4/h7-9,14,16H,5-6,10H2,1-4H3. The fraction of sp³-hybridized carbons (Fsp3) is 0.533. The van der Waals surface area contributed by atoms with Crippen LogP contribution >= 0.6 is 0 Å². The predicted octanol–water partition coefficient (Wildman–Crippen LogP) is 1.62. The van der Waals surface area contributed by atoms with Crippen molar-refractivity contribution in [1.82, 2.24) is 5.32 Å². The Morgan fingerprint density at radius 1 is 1.10 bits per heavy atom. The van der Waals surface area contributed by atoms with E-state index in [-0.39, 0.29) is 12.6 Å². The molecule has 0 aliphatic rings. The molecular formula is C15H23NO5. The number of hydrogen-bond acceptors (Lipinski definition) is 6. The van der Waals surface area contributed by atoms with E-state index in [0.717, 1.165) is 0 Å². The molecule has 0 fully saturated rings. The molecule has 0 saturated heterocycles. The van der Waals surface area contributed by atoms with E-state index < -0.39 is 6.04 Å². The number of benzene rings is 1. The number of methoxy groups -OCH3 is 2. The van der Waals surface area contributed by atoms with Gasteiger partial charge in [0, 0.05) is 18.2 Å². The normalized spacial score (nSPS) is 11.6. The van der Waals surface area contributed by atoms with Crippen LogP contribution in [0.1, 0.15) is 13.8 Å². The molecule has 118 valence electrons. The van der Waals surface area contributed by atoms with Crippen molar-refractivity contribution in [3.63, 3.8) is 0 Å². The second kappa shape index (κ2) is 9.07. The monoisotopic (exact) mass is 297 g/mol. The molecule has 1 aromatic carbocycles. The van der Waals surface area contributed by atoms with Gasteiger partial charge in [-0.3, -0.25) is 4.79 Å². The van der Waals surface area contributed by atoms with Crippen molar-refractivity contribution in [2.45, 2.75) is 19.9 Å². The van der Waals surface area contributed by atoms with E-state index in [1.807, 2.05) is 6.92 Å². The minimum absolute atomic E-state index is 0.170. The van der Waals surface area contributed by atoms with Crippen molar-refractivity contribution < 1.29 is 23.7 Å². The van der Waals surface area contributed by atoms with Crippen LogP contribution in [0.3, 0.4) is 0 Å². The molecule has 0 bridgehead atoms. The zero-order chi connectivity index (χ0) is 15.7. The highest BCUT2D eigenvalue weighted by Crippen LogP contribution is 2.27. The molecule has 21 heavy (non-hydrogen) atoms. The summed E-state index contributed by atoms with van der Waals surface area (Å²) in [6, 6.07) is 4.71. The van der Waals surface area contributed by atoms with Crippen LogP contribution in [0, 0.1) is 0 Å². The van der Waals surface area contributed by atoms with Crippen LogP contribution in [0.4, 0.5) is 0 Å². The van der Waals surface area contributed by atoms with Crippen LogP contribution in [0.5, 0.6) is 17.2 Å². The fourth-order valence-electron chi connectivity index (χ4n) is 1.74. The minimum atomic E-state index is -0.507. The largest absolute Gasteiger partial charge is 0.496 e. The molecule has 1 aromatic rings. The van der Waals surface area contributed by atoms with Crippen molar-refractivity contribution in [3.8, 4) is 17.2 Å². The van der Waals surface area contributed by atoms with Crippen LogP contribution in [0.15, 0.2) is 18.2 Å². The first kappa shape index (κ1) is 17.1. The van der Waals surface area contributed by atoms with Crippen molar-refractivity contribution >= 4 is 5.97 Å². The van der Waals surface area contributed by atoms with Crippen LogP contribution in [-0.2, 0) is 9.53 Å². The molecule has 0 radical (unpaired) electrons. The number of esters is 1. The van der Waals surface area contributed by atoms with E-state index in [4.69, 9.17) is 18.9 Å². The first-order chi connectivity index (χ1) is 10.1. The van der Waals surface area contributed by atoms with Gasteiger partial charge in [0.05, 0.1) is 20.8 Å². The molecule has 0 aromatic heterocycles. The summed E-state index contributed by atoms with van der Waals surface area (Å²) in [6.07, 6.45) is 0. The summed E-state index contributed by atoms with van der Waals surface area (Å²) in [5, 5.41) is 3.03. The lowest BCUT2D eigenvalue weighted by atomic mass is 10.3. The molecular weight excluding hydrogens is 274 g/mol. The summed E-state index contributed by atoms with van der Waals surface area (Å²) in [7, 11) is 3.14. The second-order valence-corrected chi connectivity index (χ2v) is 4.22. The highest BCUT2D eigenvalue weighted by atomic mass is 16.5. The highest BCUT2D eigenvalue weighted by molar-refractivity contribution is 5.76. The average Bonchev–Trinajstić information content (AvgIpc) is 2.51. The first-order valence-corrected chi connectivity index (χ1v) is 6.90. The lowest BCUT2D eigenvalue weighted by Crippen LogP contribution is -2.42. The number of likely N-dealkylation sites (N-methyl/N-ethyl adjacent to an activating group) is 1. The molecule has 1 N–H and O–H groups in total. The molecule has 0 saturated carbocycles. The number of ether oxygens (including phenoxy) is 4. The van der Waals surface area contributed by atoms with E-state index >= 15 is 0 Å². The van der Waals surface area contributed by atoms with Crippen molar-refractivity contribution in [1.29, 1.82) is 0 Å². The zero-order valence-corrected chi connectivity index (χ0v) is 13.0. The van der Waals surface area contributed by atoms with E-state index in [1.54, 1.807) is 39.3 Å². The van der Waals surface area contributed by atoms with Gasteiger partial charge in [0.2, 0.25) is 0 Å². The third-order valence-electron chi connectivity index (χ3n) is 2.76. The van der Waals surface area contributed by atoms with E-state index in [1.165, 1.54) is 0 Å². The van der Waals surface area contributed by atoms with Gasteiger partial charge in [-0.25, -0.2) is 0 Å². The van der Waals surface area contributed by atoms with Gasteiger partial charge < -0.3 is 24.3 Å². The molecule has 1 rings (SSSR count). The maximum atomic E-state index is 11.8. The zero-order valence-electron chi connectivity index (χ0n) is 13.0. The van der Waals surface area contributed by atoms with Crippen molar-refractivity contribution in [3.05, 3.63) is 18.2 Å². The molecule has 1 atom stereocenters. The number of hydrogen-bond donors (Lipinski definition) is 1. The van der Waals surface area contributed by atoms with Gasteiger partial charge >= 0.3 is 5.97 Å². The van der Waals surface area contributed by atoms with Crippen LogP contribution in [0.25, 0.3) is 0 Å². The molecule has 6 heteroatoms. The molecule has 0 spiro atoms. The van der Waals surface area contributed by atoms with Crippen molar-refractivity contribution in [2.75, 3.05) is 34.0 Å². The smallest absolute Gasteiger partial charge is 0.326 e. The lowest BCUT2D eigenvalue weighted by Gasteiger charge is -2.17. The second-order valence-electron chi connectivity index (χ2n) is 4.22. The van der Waals surface area contributed by atoms with Crippen LogP contribution < -0.4 is 19.5 Å². The highest BCUT2D eigenvalue weighted by Gasteiger charge is 2.19. The maximum absolute atomic E-state index is 11.8. The number of nitrogens with one attached hydrogen (secondary N) is 1. The van der Waals surface area contributed by atoms with Gasteiger partial charge in [-0.05, 0) is 13.5 Å². The molecule has 1 unspecified atom stereocenters. The Hall–Kier alpha value is -1.95. The first-order valence-electron chi connectivity index (χ1n) is 6.90. The fourth-order valence-corrected chi connectivity index (χ4v) is 1.74. The Labute approximate surface area is 125 Å². The van der Waals surface area contributed by atoms with Gasteiger partial charge in [0.15, 0.2) is 0 Å². The summed E-state index contributed by atoms with van der Waals surface area (Å²) < 4.78 is 21.0. The Morgan fingerprint density at radius 2 is 1.67 bits per heavy atom. The van der Waals surface area contributed by atoms with Gasteiger partial charge in [-0.2, -0.15) is 0 Å². The lowest BCUT2D eigenvalue weighted by molar-refractivity contribution is -0.146. The summed E-state index contributed by atoms with van der Waals surface area (Å²) in [5.41, 5.74) is 0. The topological polar surface area (TPSA) is 66.0 Å². The van der Waals surface area contributed by atoms with Gasteiger partial charge in [-0.15, -0.1) is 0 Å². The van der Waals surface area contributed by atoms with Crippen LogP contribution in [-0.4, -0.2) is 46.0 Å². The molecule has 6 nitrogen and oxygen atoms in total. The third kappa shape index (κ3) is 5.51. The molecule has 0 aliphatic carbocycles. The van der Waals surface area contributed by atoms with E-state index in [9.17, 15) is 4.79 Å². The molecule has 0 heterocycles. The quantitative estimate of drug-likeness (QED) is 0.699. The minimum Gasteiger partial charge on any atom is -0.496 e. The maximum Gasteiger partial charge on any atom is 0.326 e. The summed E-state index contributed by atoms with van der Waals surface area (Å²) in [4.78, 5) is 11.8. The molecule has 0 aliphatic heterocycles. The predicted molar refractivity (Wildman–Crippen MR) is 79.1 cm³/mol. The third-order valence-corrected chi connectivity index (χ3v) is 2.76. The Balaban J connectivity index is 2.72. The Kier molecular flexibility index (Phi) is 7.39. The summed E-state index contributed by atoms with van der Waals surface area (Å²) >= 11 is 0. The summed E-state index contributed by atoms with van der Waals surface area (Å²) in [6.45, 7) is 4.85.